The number of para-hydroxylation sites is 2. The Morgan fingerprint density at radius 3 is 2.70 bits per heavy atom. The zero-order chi connectivity index (χ0) is 16.2. The van der Waals surface area contributed by atoms with Crippen LogP contribution in [-0.2, 0) is 4.74 Å². The number of halogens is 1. The Balaban J connectivity index is 2.19. The molecule has 0 unspecified atom stereocenters. The van der Waals surface area contributed by atoms with Crippen molar-refractivity contribution in [3.8, 4) is 0 Å². The van der Waals surface area contributed by atoms with Gasteiger partial charge in [0.2, 0.25) is 0 Å². The van der Waals surface area contributed by atoms with Crippen molar-refractivity contribution in [2.75, 3.05) is 11.9 Å². The third-order valence-electron chi connectivity index (χ3n) is 3.39. The fraction of sp³-hybridized carbons (Fsp3) is 0.111. The molecule has 0 spiro atoms. The highest BCUT2D eigenvalue weighted by Crippen LogP contribution is 2.31. The lowest BCUT2D eigenvalue weighted by Gasteiger charge is -2.14. The van der Waals surface area contributed by atoms with Crippen molar-refractivity contribution in [3.63, 3.8) is 0 Å². The third kappa shape index (κ3) is 3.29. The fourth-order valence-electron chi connectivity index (χ4n) is 2.35. The van der Waals surface area contributed by atoms with Crippen molar-refractivity contribution in [2.45, 2.75) is 6.92 Å². The molecule has 0 atom stereocenters. The molecule has 4 nitrogen and oxygen atoms in total. The van der Waals surface area contributed by atoms with Crippen LogP contribution in [0.1, 0.15) is 17.3 Å². The van der Waals surface area contributed by atoms with Crippen LogP contribution < -0.4 is 5.32 Å². The molecular formula is C18H15IN2O2. The van der Waals surface area contributed by atoms with E-state index in [1.165, 1.54) is 0 Å². The lowest BCUT2D eigenvalue weighted by molar-refractivity contribution is 0.0527. The third-order valence-corrected chi connectivity index (χ3v) is 4.26. The van der Waals surface area contributed by atoms with Crippen LogP contribution in [0.4, 0.5) is 11.4 Å². The molecule has 0 amide bonds. The number of carbonyl (C=O) groups is 1. The topological polar surface area (TPSA) is 51.2 Å². The average Bonchev–Trinajstić information content (AvgIpc) is 2.57. The van der Waals surface area contributed by atoms with E-state index in [9.17, 15) is 4.79 Å². The second-order valence-electron chi connectivity index (χ2n) is 4.89. The predicted molar refractivity (Wildman–Crippen MR) is 100 cm³/mol. The number of benzene rings is 2. The van der Waals surface area contributed by atoms with Crippen LogP contribution in [-0.4, -0.2) is 17.6 Å². The summed E-state index contributed by atoms with van der Waals surface area (Å²) < 4.78 is 6.20. The van der Waals surface area contributed by atoms with Gasteiger partial charge in [-0.05, 0) is 47.7 Å². The van der Waals surface area contributed by atoms with Gasteiger partial charge in [-0.3, -0.25) is 4.98 Å². The molecule has 0 aliphatic heterocycles. The molecular weight excluding hydrogens is 403 g/mol. The van der Waals surface area contributed by atoms with Gasteiger partial charge in [0.15, 0.2) is 0 Å². The average molecular weight is 418 g/mol. The van der Waals surface area contributed by atoms with Crippen LogP contribution >= 0.6 is 22.6 Å². The number of nitrogens with zero attached hydrogens (tertiary/aromatic N) is 1. The fourth-order valence-corrected chi connectivity index (χ4v) is 2.99. The molecule has 0 aliphatic rings. The van der Waals surface area contributed by atoms with Gasteiger partial charge in [-0.15, -0.1) is 0 Å². The summed E-state index contributed by atoms with van der Waals surface area (Å²) >= 11 is 2.25. The maximum Gasteiger partial charge on any atom is 0.341 e. The molecule has 0 saturated heterocycles. The van der Waals surface area contributed by atoms with E-state index in [0.717, 1.165) is 25.8 Å². The second kappa shape index (κ2) is 6.95. The van der Waals surface area contributed by atoms with Crippen molar-refractivity contribution < 1.29 is 9.53 Å². The van der Waals surface area contributed by atoms with E-state index >= 15 is 0 Å². The highest BCUT2D eigenvalue weighted by Gasteiger charge is 2.17. The first-order valence-corrected chi connectivity index (χ1v) is 8.35. The number of ether oxygens (including phenoxy) is 1. The monoisotopic (exact) mass is 418 g/mol. The van der Waals surface area contributed by atoms with E-state index in [1.54, 1.807) is 13.1 Å². The van der Waals surface area contributed by atoms with Gasteiger partial charge in [-0.1, -0.05) is 30.3 Å². The number of rotatable bonds is 4. The van der Waals surface area contributed by atoms with Crippen molar-refractivity contribution >= 4 is 50.8 Å². The second-order valence-corrected chi connectivity index (χ2v) is 6.06. The normalized spacial score (nSPS) is 10.5. The Bertz CT molecular complexity index is 850. The molecule has 5 heteroatoms. The molecule has 1 N–H and O–H groups in total. The van der Waals surface area contributed by atoms with Crippen LogP contribution in [0.15, 0.2) is 54.7 Å². The molecule has 1 aromatic heterocycles. The first kappa shape index (κ1) is 15.7. The van der Waals surface area contributed by atoms with E-state index in [-0.39, 0.29) is 5.97 Å². The van der Waals surface area contributed by atoms with Crippen LogP contribution in [0.2, 0.25) is 0 Å². The van der Waals surface area contributed by atoms with E-state index < -0.39 is 0 Å². The van der Waals surface area contributed by atoms with Gasteiger partial charge in [0.05, 0.1) is 17.8 Å². The Morgan fingerprint density at radius 2 is 1.96 bits per heavy atom. The van der Waals surface area contributed by atoms with Gasteiger partial charge in [0.25, 0.3) is 0 Å². The summed E-state index contributed by atoms with van der Waals surface area (Å²) in [6.07, 6.45) is 1.58. The molecule has 0 radical (unpaired) electrons. The zero-order valence-corrected chi connectivity index (χ0v) is 14.7. The summed E-state index contributed by atoms with van der Waals surface area (Å²) in [5.74, 6) is -0.376. The number of esters is 1. The first-order valence-electron chi connectivity index (χ1n) is 7.27. The molecule has 0 saturated carbocycles. The van der Waals surface area contributed by atoms with E-state index in [4.69, 9.17) is 4.74 Å². The van der Waals surface area contributed by atoms with Crippen molar-refractivity contribution in [3.05, 3.63) is 63.9 Å². The van der Waals surface area contributed by atoms with E-state index in [1.807, 2.05) is 48.5 Å². The first-order chi connectivity index (χ1) is 11.2. The van der Waals surface area contributed by atoms with Gasteiger partial charge in [0, 0.05) is 20.8 Å². The highest BCUT2D eigenvalue weighted by molar-refractivity contribution is 14.1. The number of nitrogens with one attached hydrogen (secondary N) is 1. The molecule has 0 aliphatic carbocycles. The van der Waals surface area contributed by atoms with Gasteiger partial charge in [-0.2, -0.15) is 0 Å². The highest BCUT2D eigenvalue weighted by atomic mass is 127. The SMILES string of the molecule is CCOC(=O)c1cnc2c(I)cccc2c1Nc1ccccc1. The quantitative estimate of drug-likeness (QED) is 0.491. The minimum Gasteiger partial charge on any atom is -0.462 e. The van der Waals surface area contributed by atoms with Crippen LogP contribution in [0.25, 0.3) is 10.9 Å². The molecule has 2 aromatic carbocycles. The summed E-state index contributed by atoms with van der Waals surface area (Å²) in [6.45, 7) is 2.12. The van der Waals surface area contributed by atoms with Gasteiger partial charge >= 0.3 is 5.97 Å². The van der Waals surface area contributed by atoms with Crippen LogP contribution in [0.5, 0.6) is 0 Å². The van der Waals surface area contributed by atoms with Crippen molar-refractivity contribution in [1.29, 1.82) is 0 Å². The Hall–Kier alpha value is -2.15. The van der Waals surface area contributed by atoms with Gasteiger partial charge in [0.1, 0.15) is 5.56 Å². The number of carbonyl (C=O) groups excluding carboxylic acids is 1. The number of pyridine rings is 1. The molecule has 3 aromatic rings. The Labute approximate surface area is 148 Å². The maximum absolute atomic E-state index is 12.3. The standard InChI is InChI=1S/C18H15IN2O2/c1-2-23-18(22)14-11-20-17-13(9-6-10-15(17)19)16(14)21-12-7-4-3-5-8-12/h3-11H,2H2,1H3,(H,20,21). The van der Waals surface area contributed by atoms with Crippen LogP contribution in [0.3, 0.4) is 0 Å². The lowest BCUT2D eigenvalue weighted by Crippen LogP contribution is -2.09. The van der Waals surface area contributed by atoms with E-state index in [0.29, 0.717) is 12.2 Å². The Kier molecular flexibility index (Phi) is 4.76. The summed E-state index contributed by atoms with van der Waals surface area (Å²) in [6, 6.07) is 15.6. The van der Waals surface area contributed by atoms with E-state index in [2.05, 4.69) is 32.9 Å². The molecule has 0 fully saturated rings. The van der Waals surface area contributed by atoms with Crippen molar-refractivity contribution in [2.24, 2.45) is 0 Å². The zero-order valence-electron chi connectivity index (χ0n) is 12.5. The molecule has 116 valence electrons. The predicted octanol–water partition coefficient (Wildman–Crippen LogP) is 4.76. The molecule has 0 bridgehead atoms. The van der Waals surface area contributed by atoms with Crippen molar-refractivity contribution in [1.82, 2.24) is 4.98 Å². The van der Waals surface area contributed by atoms with Gasteiger partial charge < -0.3 is 10.1 Å². The minimum atomic E-state index is -0.376. The Morgan fingerprint density at radius 1 is 1.17 bits per heavy atom. The minimum absolute atomic E-state index is 0.327. The lowest BCUT2D eigenvalue weighted by atomic mass is 10.1. The largest absolute Gasteiger partial charge is 0.462 e. The number of fused-ring (bicyclic) bond motifs is 1. The smallest absolute Gasteiger partial charge is 0.341 e. The van der Waals surface area contributed by atoms with Crippen LogP contribution in [0, 0.1) is 3.57 Å². The number of anilines is 2. The maximum atomic E-state index is 12.3. The summed E-state index contributed by atoms with van der Waals surface area (Å²) in [7, 11) is 0. The molecule has 1 heterocycles. The number of hydrogen-bond donors (Lipinski definition) is 1. The number of aromatic nitrogens is 1. The molecule has 23 heavy (non-hydrogen) atoms. The summed E-state index contributed by atoms with van der Waals surface area (Å²) in [5.41, 5.74) is 2.92. The summed E-state index contributed by atoms with van der Waals surface area (Å²) in [4.78, 5) is 16.7. The van der Waals surface area contributed by atoms with Gasteiger partial charge in [-0.25, -0.2) is 4.79 Å². The molecule has 3 rings (SSSR count). The summed E-state index contributed by atoms with van der Waals surface area (Å²) in [5, 5.41) is 4.23. The number of hydrogen-bond acceptors (Lipinski definition) is 4.